The lowest BCUT2D eigenvalue weighted by molar-refractivity contribution is -0.141. The summed E-state index contributed by atoms with van der Waals surface area (Å²) < 4.78 is 10.5. The van der Waals surface area contributed by atoms with Gasteiger partial charge in [-0.05, 0) is 44.1 Å². The zero-order chi connectivity index (χ0) is 14.4. The molecule has 0 aromatic carbocycles. The Hall–Kier alpha value is -1.78. The molecule has 0 unspecified atom stereocenters. The predicted octanol–water partition coefficient (Wildman–Crippen LogP) is 2.55. The molecule has 0 atom stereocenters. The second kappa shape index (κ2) is 7.12. The van der Waals surface area contributed by atoms with E-state index in [1.54, 1.807) is 18.3 Å². The summed E-state index contributed by atoms with van der Waals surface area (Å²) in [4.78, 5) is 15.3. The summed E-state index contributed by atoms with van der Waals surface area (Å²) in [5, 5.41) is 0. The van der Waals surface area contributed by atoms with Gasteiger partial charge in [-0.25, -0.2) is 4.98 Å². The van der Waals surface area contributed by atoms with Crippen molar-refractivity contribution in [3.05, 3.63) is 18.3 Å². The van der Waals surface area contributed by atoms with Crippen molar-refractivity contribution in [2.24, 2.45) is 5.92 Å². The number of nitrogens with two attached hydrogens (primary N) is 1. The maximum atomic E-state index is 11.1. The molecule has 0 saturated heterocycles. The monoisotopic (exact) mass is 278 g/mol. The molecule has 1 fully saturated rings. The minimum atomic E-state index is -0.116. The summed E-state index contributed by atoms with van der Waals surface area (Å²) in [6.07, 6.45) is 7.48. The molecule has 5 nitrogen and oxygen atoms in total. The number of anilines is 1. The summed E-state index contributed by atoms with van der Waals surface area (Å²) in [7, 11) is 1.44. The second-order valence-corrected chi connectivity index (χ2v) is 5.31. The quantitative estimate of drug-likeness (QED) is 0.838. The highest BCUT2D eigenvalue weighted by Gasteiger charge is 2.23. The number of ether oxygens (including phenoxy) is 2. The lowest BCUT2D eigenvalue weighted by Crippen LogP contribution is -2.24. The molecule has 0 bridgehead atoms. The fraction of sp³-hybridized carbons (Fsp3) is 0.600. The van der Waals surface area contributed by atoms with Crippen LogP contribution in [-0.2, 0) is 9.53 Å². The molecule has 110 valence electrons. The van der Waals surface area contributed by atoms with Gasteiger partial charge >= 0.3 is 5.97 Å². The molecule has 0 amide bonds. The van der Waals surface area contributed by atoms with Crippen LogP contribution in [0, 0.1) is 5.92 Å². The molecule has 1 aliphatic carbocycles. The van der Waals surface area contributed by atoms with Crippen LogP contribution in [-0.4, -0.2) is 24.2 Å². The van der Waals surface area contributed by atoms with E-state index in [1.165, 1.54) is 7.11 Å². The maximum Gasteiger partial charge on any atom is 0.305 e. The van der Waals surface area contributed by atoms with E-state index in [0.717, 1.165) is 32.1 Å². The number of nitrogens with zero attached hydrogens (tertiary/aromatic N) is 1. The molecule has 2 rings (SSSR count). The fourth-order valence-corrected chi connectivity index (χ4v) is 2.59. The van der Waals surface area contributed by atoms with E-state index in [1.807, 2.05) is 0 Å². The smallest absolute Gasteiger partial charge is 0.305 e. The van der Waals surface area contributed by atoms with E-state index in [-0.39, 0.29) is 12.1 Å². The molecule has 2 N–H and O–H groups in total. The van der Waals surface area contributed by atoms with Crippen molar-refractivity contribution in [3.63, 3.8) is 0 Å². The highest BCUT2D eigenvalue weighted by atomic mass is 16.5. The van der Waals surface area contributed by atoms with Crippen LogP contribution in [0.1, 0.15) is 38.5 Å². The average molecular weight is 278 g/mol. The molecular weight excluding hydrogens is 256 g/mol. The van der Waals surface area contributed by atoms with Crippen LogP contribution in [0.5, 0.6) is 5.88 Å². The predicted molar refractivity (Wildman–Crippen MR) is 76.3 cm³/mol. The first-order chi connectivity index (χ1) is 9.67. The van der Waals surface area contributed by atoms with Gasteiger partial charge in [0, 0.05) is 12.5 Å². The van der Waals surface area contributed by atoms with Crippen LogP contribution < -0.4 is 10.5 Å². The summed E-state index contributed by atoms with van der Waals surface area (Å²) in [5.41, 5.74) is 6.23. The number of methoxy groups -OCH3 is 1. The SMILES string of the molecule is COC(=O)CCC1CCC(Oc2ccc(N)cn2)CC1. The normalized spacial score (nSPS) is 22.2. The van der Waals surface area contributed by atoms with E-state index < -0.39 is 0 Å². The summed E-state index contributed by atoms with van der Waals surface area (Å²) >= 11 is 0. The van der Waals surface area contributed by atoms with Crippen molar-refractivity contribution in [1.29, 1.82) is 0 Å². The number of rotatable bonds is 5. The Kier molecular flexibility index (Phi) is 5.21. The van der Waals surface area contributed by atoms with Crippen LogP contribution in [0.15, 0.2) is 18.3 Å². The molecule has 1 aliphatic rings. The first-order valence-corrected chi connectivity index (χ1v) is 7.12. The van der Waals surface area contributed by atoms with E-state index in [2.05, 4.69) is 9.72 Å². The number of pyridine rings is 1. The first-order valence-electron chi connectivity index (χ1n) is 7.12. The molecule has 1 heterocycles. The zero-order valence-electron chi connectivity index (χ0n) is 11.9. The summed E-state index contributed by atoms with van der Waals surface area (Å²) in [6.45, 7) is 0. The lowest BCUT2D eigenvalue weighted by atomic mass is 9.84. The Bertz CT molecular complexity index is 425. The Balaban J connectivity index is 1.71. The number of carbonyl (C=O) groups excluding carboxylic acids is 1. The lowest BCUT2D eigenvalue weighted by Gasteiger charge is -2.28. The zero-order valence-corrected chi connectivity index (χ0v) is 11.9. The molecule has 0 aliphatic heterocycles. The number of carbonyl (C=O) groups is 1. The third-order valence-electron chi connectivity index (χ3n) is 3.82. The average Bonchev–Trinajstić information content (AvgIpc) is 2.48. The van der Waals surface area contributed by atoms with Crippen LogP contribution in [0.3, 0.4) is 0 Å². The third kappa shape index (κ3) is 4.40. The number of nitrogen functional groups attached to an aromatic ring is 1. The van der Waals surface area contributed by atoms with E-state index in [4.69, 9.17) is 10.5 Å². The Morgan fingerprint density at radius 2 is 2.10 bits per heavy atom. The van der Waals surface area contributed by atoms with Gasteiger partial charge in [-0.3, -0.25) is 4.79 Å². The molecule has 0 spiro atoms. The maximum absolute atomic E-state index is 11.1. The van der Waals surface area contributed by atoms with Crippen molar-refractivity contribution < 1.29 is 14.3 Å². The number of hydrogen-bond donors (Lipinski definition) is 1. The van der Waals surface area contributed by atoms with Crippen molar-refractivity contribution >= 4 is 11.7 Å². The van der Waals surface area contributed by atoms with Gasteiger partial charge in [0.15, 0.2) is 0 Å². The van der Waals surface area contributed by atoms with E-state index >= 15 is 0 Å². The van der Waals surface area contributed by atoms with Gasteiger partial charge < -0.3 is 15.2 Å². The van der Waals surface area contributed by atoms with Gasteiger partial charge in [0.05, 0.1) is 19.0 Å². The van der Waals surface area contributed by atoms with Gasteiger partial charge in [0.2, 0.25) is 5.88 Å². The molecule has 0 radical (unpaired) electrons. The largest absolute Gasteiger partial charge is 0.474 e. The van der Waals surface area contributed by atoms with Gasteiger partial charge in [-0.2, -0.15) is 0 Å². The minimum absolute atomic E-state index is 0.116. The van der Waals surface area contributed by atoms with E-state index in [0.29, 0.717) is 23.9 Å². The highest BCUT2D eigenvalue weighted by Crippen LogP contribution is 2.30. The van der Waals surface area contributed by atoms with Crippen molar-refractivity contribution in [2.45, 2.75) is 44.6 Å². The van der Waals surface area contributed by atoms with Gasteiger partial charge in [0.25, 0.3) is 0 Å². The number of esters is 1. The molecule has 20 heavy (non-hydrogen) atoms. The topological polar surface area (TPSA) is 74.4 Å². The van der Waals surface area contributed by atoms with Crippen LogP contribution in [0.2, 0.25) is 0 Å². The standard InChI is InChI=1S/C15H22N2O3/c1-19-15(18)9-4-11-2-6-13(7-3-11)20-14-8-5-12(16)10-17-14/h5,8,10-11,13H,2-4,6-7,9,16H2,1H3. The minimum Gasteiger partial charge on any atom is -0.474 e. The summed E-state index contributed by atoms with van der Waals surface area (Å²) in [5.74, 6) is 1.12. The molecule has 1 aromatic heterocycles. The highest BCUT2D eigenvalue weighted by molar-refractivity contribution is 5.69. The molecule has 1 aromatic rings. The van der Waals surface area contributed by atoms with Crippen LogP contribution in [0.25, 0.3) is 0 Å². The number of aromatic nitrogens is 1. The Morgan fingerprint density at radius 3 is 2.70 bits per heavy atom. The van der Waals surface area contributed by atoms with Crippen molar-refractivity contribution in [2.75, 3.05) is 12.8 Å². The van der Waals surface area contributed by atoms with Crippen molar-refractivity contribution in [1.82, 2.24) is 4.98 Å². The van der Waals surface area contributed by atoms with Gasteiger partial charge in [-0.1, -0.05) is 0 Å². The van der Waals surface area contributed by atoms with Crippen LogP contribution in [0.4, 0.5) is 5.69 Å². The Morgan fingerprint density at radius 1 is 1.35 bits per heavy atom. The van der Waals surface area contributed by atoms with E-state index in [9.17, 15) is 4.79 Å². The molecular formula is C15H22N2O3. The van der Waals surface area contributed by atoms with Crippen molar-refractivity contribution in [3.8, 4) is 5.88 Å². The molecule has 5 heteroatoms. The number of hydrogen-bond acceptors (Lipinski definition) is 5. The van der Waals surface area contributed by atoms with Gasteiger partial charge in [-0.15, -0.1) is 0 Å². The third-order valence-corrected chi connectivity index (χ3v) is 3.82. The second-order valence-electron chi connectivity index (χ2n) is 5.31. The first kappa shape index (κ1) is 14.6. The summed E-state index contributed by atoms with van der Waals surface area (Å²) in [6, 6.07) is 3.60. The fourth-order valence-electron chi connectivity index (χ4n) is 2.59. The van der Waals surface area contributed by atoms with Crippen LogP contribution >= 0.6 is 0 Å². The van der Waals surface area contributed by atoms with Gasteiger partial charge in [0.1, 0.15) is 6.10 Å². The Labute approximate surface area is 119 Å². The molecule has 1 saturated carbocycles.